The first-order chi connectivity index (χ1) is 20.0. The number of nitrogens with two attached hydrogens (primary N) is 1. The number of aromatic nitrogens is 4. The van der Waals surface area contributed by atoms with E-state index in [-0.39, 0.29) is 17.3 Å². The molecule has 2 aromatic heterocycles. The van der Waals surface area contributed by atoms with E-state index in [0.717, 1.165) is 0 Å². The summed E-state index contributed by atoms with van der Waals surface area (Å²) in [6, 6.07) is 12.7. The molecule has 4 atom stereocenters. The number of rotatable bonds is 8. The average Bonchev–Trinajstić information content (AvgIpc) is 2.96. The van der Waals surface area contributed by atoms with Crippen LogP contribution in [0, 0.1) is 0 Å². The summed E-state index contributed by atoms with van der Waals surface area (Å²) in [5.41, 5.74) is 1.64. The number of aliphatic hydroxyl groups excluding tert-OH is 5. The van der Waals surface area contributed by atoms with Gasteiger partial charge in [0.15, 0.2) is 0 Å². The first kappa shape index (κ1) is 28.5. The SMILES string of the molecule is Nc1ccc(Oc2ccc(N3c4[nH]c(=O)[nH]c(=O)c4C([C@H](O)[C@@H](O)[C@H](O)[C@H](O)CO)c4c3[nH]c(=O)[nH]c4=O)cc2)cc1. The minimum atomic E-state index is -2.20. The number of nitrogen functional groups attached to an aromatic ring is 1. The second kappa shape index (κ2) is 11.1. The van der Waals surface area contributed by atoms with Crippen molar-refractivity contribution >= 4 is 23.0 Å². The lowest BCUT2D eigenvalue weighted by atomic mass is 9.81. The lowest BCUT2D eigenvalue weighted by Crippen LogP contribution is -2.51. The molecule has 0 saturated carbocycles. The molecule has 42 heavy (non-hydrogen) atoms. The third kappa shape index (κ3) is 5.11. The zero-order valence-corrected chi connectivity index (χ0v) is 21.5. The number of H-pyrrole nitrogens is 4. The van der Waals surface area contributed by atoms with E-state index in [2.05, 4.69) is 9.97 Å². The van der Waals surface area contributed by atoms with Gasteiger partial charge in [-0.25, -0.2) is 9.59 Å². The highest BCUT2D eigenvalue weighted by molar-refractivity contribution is 5.80. The highest BCUT2D eigenvalue weighted by Gasteiger charge is 2.45. The Morgan fingerprint density at radius 3 is 1.69 bits per heavy atom. The number of hydrogen-bond donors (Lipinski definition) is 10. The number of fused-ring (bicyclic) bond motifs is 2. The molecule has 0 spiro atoms. The van der Waals surface area contributed by atoms with Gasteiger partial charge in [-0.05, 0) is 48.5 Å². The second-order valence-corrected chi connectivity index (χ2v) is 9.54. The molecule has 3 heterocycles. The summed E-state index contributed by atoms with van der Waals surface area (Å²) in [5.74, 6) is -1.40. The van der Waals surface area contributed by atoms with Crippen LogP contribution < -0.4 is 37.9 Å². The average molecular weight is 583 g/mol. The van der Waals surface area contributed by atoms with E-state index in [0.29, 0.717) is 17.2 Å². The molecule has 0 fully saturated rings. The molecule has 0 radical (unpaired) electrons. The molecule has 0 amide bonds. The second-order valence-electron chi connectivity index (χ2n) is 9.54. The Kier molecular flexibility index (Phi) is 7.55. The number of ether oxygens (including phenoxy) is 1. The number of nitrogens with one attached hydrogen (secondary N) is 4. The van der Waals surface area contributed by atoms with Crippen molar-refractivity contribution in [2.24, 2.45) is 0 Å². The van der Waals surface area contributed by atoms with Crippen molar-refractivity contribution < 1.29 is 30.3 Å². The number of aromatic amines is 4. The molecule has 2 aromatic carbocycles. The van der Waals surface area contributed by atoms with Crippen LogP contribution in [-0.2, 0) is 0 Å². The Balaban J connectivity index is 1.67. The van der Waals surface area contributed by atoms with Gasteiger partial charge >= 0.3 is 11.4 Å². The third-order valence-electron chi connectivity index (χ3n) is 6.82. The number of anilines is 4. The summed E-state index contributed by atoms with van der Waals surface area (Å²) < 4.78 is 5.79. The van der Waals surface area contributed by atoms with E-state index in [4.69, 9.17) is 10.5 Å². The maximum atomic E-state index is 13.2. The summed E-state index contributed by atoms with van der Waals surface area (Å²) in [4.78, 5) is 61.2. The van der Waals surface area contributed by atoms with Crippen LogP contribution in [0.15, 0.2) is 67.7 Å². The predicted octanol–water partition coefficient (Wildman–Crippen LogP) is -1.83. The van der Waals surface area contributed by atoms with Gasteiger partial charge in [0, 0.05) is 11.4 Å². The van der Waals surface area contributed by atoms with Crippen LogP contribution in [0.1, 0.15) is 17.0 Å². The third-order valence-corrected chi connectivity index (χ3v) is 6.82. The van der Waals surface area contributed by atoms with Gasteiger partial charge in [-0.3, -0.25) is 34.4 Å². The number of aliphatic hydroxyl groups is 5. The minimum Gasteiger partial charge on any atom is -0.457 e. The van der Waals surface area contributed by atoms with Crippen LogP contribution in [0.25, 0.3) is 0 Å². The minimum absolute atomic E-state index is 0.230. The molecule has 5 rings (SSSR count). The first-order valence-corrected chi connectivity index (χ1v) is 12.5. The van der Waals surface area contributed by atoms with Crippen LogP contribution in [0.2, 0.25) is 0 Å². The molecule has 1 aliphatic rings. The van der Waals surface area contributed by atoms with E-state index >= 15 is 0 Å². The summed E-state index contributed by atoms with van der Waals surface area (Å²) in [6.45, 7) is -0.976. The van der Waals surface area contributed by atoms with Gasteiger partial charge in [-0.2, -0.15) is 0 Å². The van der Waals surface area contributed by atoms with Crippen molar-refractivity contribution in [2.45, 2.75) is 30.3 Å². The van der Waals surface area contributed by atoms with Crippen LogP contribution in [0.5, 0.6) is 11.5 Å². The smallest absolute Gasteiger partial charge is 0.327 e. The maximum absolute atomic E-state index is 13.2. The van der Waals surface area contributed by atoms with Gasteiger partial charge in [0.2, 0.25) is 0 Å². The zero-order chi connectivity index (χ0) is 30.3. The lowest BCUT2D eigenvalue weighted by molar-refractivity contribution is -0.118. The van der Waals surface area contributed by atoms with E-state index in [1.165, 1.54) is 17.0 Å². The highest BCUT2D eigenvalue weighted by atomic mass is 16.5. The van der Waals surface area contributed by atoms with Crippen molar-refractivity contribution in [1.29, 1.82) is 0 Å². The normalized spacial score (nSPS) is 15.8. The van der Waals surface area contributed by atoms with Crippen LogP contribution in [-0.4, -0.2) is 76.5 Å². The fourth-order valence-corrected chi connectivity index (χ4v) is 4.82. The number of hydrogen-bond acceptors (Lipinski definition) is 12. The lowest BCUT2D eigenvalue weighted by Gasteiger charge is -2.38. The van der Waals surface area contributed by atoms with Crippen molar-refractivity contribution in [1.82, 2.24) is 19.9 Å². The van der Waals surface area contributed by atoms with E-state index in [1.807, 2.05) is 9.97 Å². The Labute approximate surface area is 233 Å². The van der Waals surface area contributed by atoms with Crippen molar-refractivity contribution in [3.8, 4) is 11.5 Å². The van der Waals surface area contributed by atoms with E-state index in [9.17, 15) is 44.7 Å². The molecule has 4 aromatic rings. The fraction of sp³-hybridized carbons (Fsp3) is 0.231. The molecule has 1 aliphatic heterocycles. The largest absolute Gasteiger partial charge is 0.457 e. The van der Waals surface area contributed by atoms with Gasteiger partial charge < -0.3 is 36.0 Å². The van der Waals surface area contributed by atoms with Crippen molar-refractivity contribution in [3.63, 3.8) is 0 Å². The summed E-state index contributed by atoms with van der Waals surface area (Å²) >= 11 is 0. The molecule has 0 saturated heterocycles. The maximum Gasteiger partial charge on any atom is 0.327 e. The highest BCUT2D eigenvalue weighted by Crippen LogP contribution is 2.46. The number of nitrogens with zero attached hydrogens (tertiary/aromatic N) is 1. The molecule has 0 unspecified atom stereocenters. The summed E-state index contributed by atoms with van der Waals surface area (Å²) in [5, 5.41) is 51.0. The molecule has 16 heteroatoms. The Morgan fingerprint density at radius 1 is 0.738 bits per heavy atom. The predicted molar refractivity (Wildman–Crippen MR) is 147 cm³/mol. The van der Waals surface area contributed by atoms with E-state index in [1.54, 1.807) is 36.4 Å². The van der Waals surface area contributed by atoms with Gasteiger partial charge in [0.05, 0.1) is 29.8 Å². The standard InChI is InChI=1S/C26H26N6O10/c27-10-1-5-12(6-2-10)42-13-7-3-11(4-8-13)32-21-16(23(38)30-25(40)28-21)15(17-22(32)29-26(41)31-24(17)39)19(36)20(37)18(35)14(34)9-33/h1-8,14-15,18-20,33-37H,9,27H2,(H2,28,30,38,40)(H2,29,31,39,41)/t14-,18-,19+,20+/m1/s1. The molecule has 0 bridgehead atoms. The molecule has 16 nitrogen and oxygen atoms in total. The Bertz CT molecular complexity index is 1750. The number of benzene rings is 2. The molecule has 0 aliphatic carbocycles. The molecule has 11 N–H and O–H groups in total. The fourth-order valence-electron chi connectivity index (χ4n) is 4.82. The topological polar surface area (TPSA) is 271 Å². The van der Waals surface area contributed by atoms with Crippen molar-refractivity contribution in [3.05, 3.63) is 101 Å². The van der Waals surface area contributed by atoms with Crippen molar-refractivity contribution in [2.75, 3.05) is 17.2 Å². The molecule has 220 valence electrons. The Morgan fingerprint density at radius 2 is 1.21 bits per heavy atom. The van der Waals surface area contributed by atoms with Crippen LogP contribution >= 0.6 is 0 Å². The zero-order valence-electron chi connectivity index (χ0n) is 21.5. The summed E-state index contributed by atoms with van der Waals surface area (Å²) in [7, 11) is 0. The van der Waals surface area contributed by atoms with Gasteiger partial charge in [0.1, 0.15) is 41.4 Å². The van der Waals surface area contributed by atoms with E-state index < -0.39 is 70.6 Å². The van der Waals surface area contributed by atoms with Crippen LogP contribution in [0.3, 0.4) is 0 Å². The van der Waals surface area contributed by atoms with Gasteiger partial charge in [-0.15, -0.1) is 0 Å². The van der Waals surface area contributed by atoms with Gasteiger partial charge in [0.25, 0.3) is 11.1 Å². The molecular formula is C26H26N6O10. The monoisotopic (exact) mass is 582 g/mol. The molecular weight excluding hydrogens is 556 g/mol. The van der Waals surface area contributed by atoms with Gasteiger partial charge in [-0.1, -0.05) is 0 Å². The first-order valence-electron chi connectivity index (χ1n) is 12.5. The quantitative estimate of drug-likeness (QED) is 0.103. The summed E-state index contributed by atoms with van der Waals surface area (Å²) in [6.07, 6.45) is -8.35. The van der Waals surface area contributed by atoms with Crippen LogP contribution in [0.4, 0.5) is 23.0 Å². The Hall–Kier alpha value is -5.00.